The summed E-state index contributed by atoms with van der Waals surface area (Å²) >= 11 is 3.16. The molecule has 0 aliphatic heterocycles. The van der Waals surface area contributed by atoms with Crippen LogP contribution in [0.2, 0.25) is 0 Å². The number of hydrogen-bond acceptors (Lipinski definition) is 1. The van der Waals surface area contributed by atoms with Crippen LogP contribution in [0.15, 0.2) is 22.1 Å². The van der Waals surface area contributed by atoms with Crippen LogP contribution >= 0.6 is 15.9 Å². The summed E-state index contributed by atoms with van der Waals surface area (Å²) in [5.41, 5.74) is 5.46. The fraction of sp³-hybridized carbons (Fsp3) is 0.167. The third-order valence-electron chi connectivity index (χ3n) is 1.08. The molecule has 0 atom stereocenters. The monoisotopic (exact) mass is 190 g/mol. The molecule has 0 aromatic carbocycles. The first-order valence-electron chi connectivity index (χ1n) is 2.54. The molecule has 0 spiro atoms. The van der Waals surface area contributed by atoms with Crippen LogP contribution in [0.25, 0.3) is 0 Å². The van der Waals surface area contributed by atoms with E-state index in [4.69, 9.17) is 5.73 Å². The lowest BCUT2D eigenvalue weighted by Crippen LogP contribution is -2.03. The van der Waals surface area contributed by atoms with Crippen LogP contribution in [0.3, 0.4) is 0 Å². The van der Waals surface area contributed by atoms with Gasteiger partial charge in [-0.3, -0.25) is 0 Å². The molecule has 0 fully saturated rings. The van der Waals surface area contributed by atoms with Crippen LogP contribution in [0.4, 0.5) is 4.39 Å². The predicted molar refractivity (Wildman–Crippen MR) is 38.2 cm³/mol. The lowest BCUT2D eigenvalue weighted by Gasteiger charge is -2.06. The van der Waals surface area contributed by atoms with E-state index in [0.29, 0.717) is 6.42 Å². The minimum absolute atomic E-state index is 0.234. The Morgan fingerprint density at radius 1 is 1.67 bits per heavy atom. The van der Waals surface area contributed by atoms with Gasteiger partial charge < -0.3 is 5.73 Å². The molecule has 0 saturated heterocycles. The molecule has 1 radical (unpaired) electrons. The van der Waals surface area contributed by atoms with E-state index in [1.165, 1.54) is 6.08 Å². The molecule has 2 N–H and O–H groups in total. The average Bonchev–Trinajstić information content (AvgIpc) is 1.80. The van der Waals surface area contributed by atoms with Crippen LogP contribution in [0.1, 0.15) is 6.42 Å². The maximum atomic E-state index is 12.4. The van der Waals surface area contributed by atoms with Gasteiger partial charge in [0, 0.05) is 12.1 Å². The molecule has 1 rings (SSSR count). The maximum Gasteiger partial charge on any atom is 0.142 e. The van der Waals surface area contributed by atoms with Gasteiger partial charge in [-0.1, -0.05) is 15.9 Å². The number of allylic oxidation sites excluding steroid dienone is 4. The quantitative estimate of drug-likeness (QED) is 0.622. The van der Waals surface area contributed by atoms with Crippen molar-refractivity contribution in [3.63, 3.8) is 0 Å². The third-order valence-corrected chi connectivity index (χ3v) is 1.63. The second-order valence-electron chi connectivity index (χ2n) is 1.80. The number of rotatable bonds is 0. The minimum Gasteiger partial charge on any atom is -0.399 e. The summed E-state index contributed by atoms with van der Waals surface area (Å²) < 4.78 is 13.3. The van der Waals surface area contributed by atoms with Crippen LogP contribution < -0.4 is 5.73 Å². The first-order valence-corrected chi connectivity index (χ1v) is 3.34. The van der Waals surface area contributed by atoms with E-state index < -0.39 is 0 Å². The summed E-state index contributed by atoms with van der Waals surface area (Å²) in [7, 11) is 0. The Bertz CT molecular complexity index is 183. The highest BCUT2D eigenvalue weighted by Crippen LogP contribution is 2.24. The van der Waals surface area contributed by atoms with Gasteiger partial charge in [0.25, 0.3) is 0 Å². The van der Waals surface area contributed by atoms with Crippen LogP contribution in [-0.4, -0.2) is 0 Å². The zero-order valence-electron chi connectivity index (χ0n) is 4.70. The molecule has 1 aliphatic carbocycles. The second kappa shape index (κ2) is 2.52. The number of nitrogens with two attached hydrogens (primary N) is 1. The molecule has 0 unspecified atom stereocenters. The largest absolute Gasteiger partial charge is 0.399 e. The SMILES string of the molecule is NC1=C(F)C=C(Br)C[CH]1. The van der Waals surface area contributed by atoms with Crippen LogP contribution in [0, 0.1) is 6.42 Å². The molecular formula is C6H6BrFN. The Labute approximate surface area is 61.6 Å². The zero-order valence-corrected chi connectivity index (χ0v) is 6.28. The average molecular weight is 191 g/mol. The molecule has 0 amide bonds. The normalized spacial score (nSPS) is 20.0. The highest BCUT2D eigenvalue weighted by atomic mass is 79.9. The van der Waals surface area contributed by atoms with Crippen molar-refractivity contribution in [2.75, 3.05) is 0 Å². The van der Waals surface area contributed by atoms with Crippen molar-refractivity contribution in [2.45, 2.75) is 6.42 Å². The summed E-state index contributed by atoms with van der Waals surface area (Å²) in [5, 5.41) is 0. The molecule has 0 saturated carbocycles. The summed E-state index contributed by atoms with van der Waals surface area (Å²) in [6, 6.07) is 0. The zero-order chi connectivity index (χ0) is 6.85. The van der Waals surface area contributed by atoms with E-state index in [0.717, 1.165) is 4.48 Å². The lowest BCUT2D eigenvalue weighted by molar-refractivity contribution is 0.647. The molecular weight excluding hydrogens is 185 g/mol. The van der Waals surface area contributed by atoms with Crippen LogP contribution in [-0.2, 0) is 0 Å². The van der Waals surface area contributed by atoms with E-state index in [1.54, 1.807) is 6.42 Å². The summed E-state index contributed by atoms with van der Waals surface area (Å²) in [4.78, 5) is 0. The molecule has 9 heavy (non-hydrogen) atoms. The van der Waals surface area contributed by atoms with Crippen molar-refractivity contribution >= 4 is 15.9 Å². The summed E-state index contributed by atoms with van der Waals surface area (Å²) in [5.74, 6) is -0.354. The number of halogens is 2. The van der Waals surface area contributed by atoms with Crippen molar-refractivity contribution in [3.8, 4) is 0 Å². The maximum absolute atomic E-state index is 12.4. The van der Waals surface area contributed by atoms with Gasteiger partial charge in [0.2, 0.25) is 0 Å². The van der Waals surface area contributed by atoms with Gasteiger partial charge in [0.05, 0.1) is 0 Å². The Morgan fingerprint density at radius 2 is 2.33 bits per heavy atom. The Kier molecular flexibility index (Phi) is 1.90. The predicted octanol–water partition coefficient (Wildman–Crippen LogP) is 2.01. The molecule has 1 nitrogen and oxygen atoms in total. The van der Waals surface area contributed by atoms with Gasteiger partial charge >= 0.3 is 0 Å². The molecule has 3 heteroatoms. The molecule has 1 aliphatic rings. The lowest BCUT2D eigenvalue weighted by atomic mass is 10.1. The van der Waals surface area contributed by atoms with E-state index in [2.05, 4.69) is 15.9 Å². The summed E-state index contributed by atoms with van der Waals surface area (Å²) in [6.07, 6.45) is 3.72. The highest BCUT2D eigenvalue weighted by Gasteiger charge is 2.07. The molecule has 0 heterocycles. The fourth-order valence-corrected chi connectivity index (χ4v) is 0.948. The first-order chi connectivity index (χ1) is 4.20. The van der Waals surface area contributed by atoms with E-state index in [1.807, 2.05) is 0 Å². The van der Waals surface area contributed by atoms with Gasteiger partial charge in [0.1, 0.15) is 5.83 Å². The molecule has 0 bridgehead atoms. The number of hydrogen-bond donors (Lipinski definition) is 1. The van der Waals surface area contributed by atoms with Gasteiger partial charge in [-0.15, -0.1) is 0 Å². The minimum atomic E-state index is -0.354. The van der Waals surface area contributed by atoms with Gasteiger partial charge in [0.15, 0.2) is 0 Å². The molecule has 0 aromatic rings. The molecule has 49 valence electrons. The van der Waals surface area contributed by atoms with E-state index >= 15 is 0 Å². The summed E-state index contributed by atoms with van der Waals surface area (Å²) in [6.45, 7) is 0. The Balaban J connectivity index is 2.83. The van der Waals surface area contributed by atoms with Gasteiger partial charge in [-0.2, -0.15) is 0 Å². The third kappa shape index (κ3) is 1.55. The van der Waals surface area contributed by atoms with Crippen molar-refractivity contribution < 1.29 is 4.39 Å². The van der Waals surface area contributed by atoms with E-state index in [-0.39, 0.29) is 11.5 Å². The Hall–Kier alpha value is -0.310. The van der Waals surface area contributed by atoms with Gasteiger partial charge in [-0.25, -0.2) is 4.39 Å². The van der Waals surface area contributed by atoms with Crippen molar-refractivity contribution in [1.29, 1.82) is 0 Å². The molecule has 0 aromatic heterocycles. The van der Waals surface area contributed by atoms with Crippen molar-refractivity contribution in [2.24, 2.45) is 5.73 Å². The highest BCUT2D eigenvalue weighted by molar-refractivity contribution is 9.11. The van der Waals surface area contributed by atoms with Crippen molar-refractivity contribution in [1.82, 2.24) is 0 Å². The Morgan fingerprint density at radius 3 is 2.78 bits per heavy atom. The topological polar surface area (TPSA) is 26.0 Å². The second-order valence-corrected chi connectivity index (χ2v) is 2.82. The van der Waals surface area contributed by atoms with E-state index in [9.17, 15) is 4.39 Å². The smallest absolute Gasteiger partial charge is 0.142 e. The standard InChI is InChI=1S/C6H6BrFN/c7-4-1-2-6(9)5(8)3-4/h2-3H,1,9H2. The fourth-order valence-electron chi connectivity index (χ4n) is 0.585. The van der Waals surface area contributed by atoms with Crippen molar-refractivity contribution in [3.05, 3.63) is 28.5 Å². The van der Waals surface area contributed by atoms with Crippen LogP contribution in [0.5, 0.6) is 0 Å². The van der Waals surface area contributed by atoms with Gasteiger partial charge in [-0.05, 0) is 17.0 Å². The first kappa shape index (κ1) is 6.81.